The standard InChI is InChI=1S/C17H23N3O3S/c1-3-4-14-16(24-20-19-14)17(22)18-11-15(23-10-9-21)13-7-5-12(2)6-8-13/h5-8,15,21H,3-4,9-11H2,1-2H3,(H,18,22)/t15-/m0/s1. The number of benzene rings is 1. The number of amides is 1. The summed E-state index contributed by atoms with van der Waals surface area (Å²) in [5.41, 5.74) is 2.86. The first kappa shape index (κ1) is 18.5. The number of rotatable bonds is 9. The molecule has 6 nitrogen and oxygen atoms in total. The van der Waals surface area contributed by atoms with Gasteiger partial charge in [0.1, 0.15) is 4.88 Å². The molecule has 2 aromatic rings. The zero-order chi connectivity index (χ0) is 17.4. The number of hydrogen-bond acceptors (Lipinski definition) is 6. The number of nitrogens with one attached hydrogen (secondary N) is 1. The van der Waals surface area contributed by atoms with Gasteiger partial charge in [-0.25, -0.2) is 0 Å². The average molecular weight is 349 g/mol. The third-order valence-corrected chi connectivity index (χ3v) is 4.32. The lowest BCUT2D eigenvalue weighted by molar-refractivity contribution is 0.0277. The van der Waals surface area contributed by atoms with E-state index in [4.69, 9.17) is 9.84 Å². The molecule has 130 valence electrons. The molecular weight excluding hydrogens is 326 g/mol. The molecule has 1 atom stereocenters. The Kier molecular flexibility index (Phi) is 7.30. The van der Waals surface area contributed by atoms with Crippen LogP contribution in [0.5, 0.6) is 0 Å². The Morgan fingerprint density at radius 2 is 2.12 bits per heavy atom. The van der Waals surface area contributed by atoms with Crippen LogP contribution >= 0.6 is 11.5 Å². The molecule has 0 radical (unpaired) electrons. The Bertz CT molecular complexity index is 643. The molecule has 0 aliphatic heterocycles. The van der Waals surface area contributed by atoms with Crippen LogP contribution in [-0.2, 0) is 11.2 Å². The van der Waals surface area contributed by atoms with E-state index in [1.165, 1.54) is 0 Å². The topological polar surface area (TPSA) is 84.3 Å². The Hall–Kier alpha value is -1.83. The number of nitrogens with zero attached hydrogens (tertiary/aromatic N) is 2. The van der Waals surface area contributed by atoms with Crippen molar-refractivity contribution in [3.8, 4) is 0 Å². The van der Waals surface area contributed by atoms with Crippen molar-refractivity contribution in [2.45, 2.75) is 32.8 Å². The molecule has 1 aromatic carbocycles. The fraction of sp³-hybridized carbons (Fsp3) is 0.471. The van der Waals surface area contributed by atoms with Gasteiger partial charge in [0.25, 0.3) is 5.91 Å². The lowest BCUT2D eigenvalue weighted by Crippen LogP contribution is -2.30. The summed E-state index contributed by atoms with van der Waals surface area (Å²) < 4.78 is 9.54. The first-order valence-corrected chi connectivity index (χ1v) is 8.81. The summed E-state index contributed by atoms with van der Waals surface area (Å²) >= 11 is 1.11. The highest BCUT2D eigenvalue weighted by Crippen LogP contribution is 2.18. The van der Waals surface area contributed by atoms with Gasteiger partial charge in [0.05, 0.1) is 25.0 Å². The molecule has 2 rings (SSSR count). The Morgan fingerprint density at radius 1 is 1.38 bits per heavy atom. The molecule has 2 N–H and O–H groups in total. The maximum atomic E-state index is 12.4. The highest BCUT2D eigenvalue weighted by atomic mass is 32.1. The second kappa shape index (κ2) is 9.46. The number of ether oxygens (including phenoxy) is 1. The fourth-order valence-electron chi connectivity index (χ4n) is 2.30. The lowest BCUT2D eigenvalue weighted by atomic mass is 10.1. The third-order valence-electron chi connectivity index (χ3n) is 3.56. The second-order valence-electron chi connectivity index (χ2n) is 5.50. The maximum Gasteiger partial charge on any atom is 0.265 e. The van der Waals surface area contributed by atoms with Gasteiger partial charge in [-0.15, -0.1) is 5.10 Å². The van der Waals surface area contributed by atoms with Gasteiger partial charge in [0, 0.05) is 6.54 Å². The Morgan fingerprint density at radius 3 is 2.79 bits per heavy atom. The van der Waals surface area contributed by atoms with E-state index in [9.17, 15) is 4.79 Å². The summed E-state index contributed by atoms with van der Waals surface area (Å²) in [4.78, 5) is 12.9. The molecule has 1 heterocycles. The van der Waals surface area contributed by atoms with E-state index in [1.807, 2.05) is 38.1 Å². The number of aryl methyl sites for hydroxylation is 2. The third kappa shape index (κ3) is 5.09. The van der Waals surface area contributed by atoms with Gasteiger partial charge in [-0.3, -0.25) is 4.79 Å². The molecule has 24 heavy (non-hydrogen) atoms. The molecule has 0 fully saturated rings. The fourth-order valence-corrected chi connectivity index (χ4v) is 2.92. The van der Waals surface area contributed by atoms with Gasteiger partial charge in [-0.2, -0.15) is 0 Å². The maximum absolute atomic E-state index is 12.4. The molecule has 0 unspecified atom stereocenters. The van der Waals surface area contributed by atoms with E-state index in [0.29, 0.717) is 11.4 Å². The van der Waals surface area contributed by atoms with Crippen LogP contribution in [0.4, 0.5) is 0 Å². The van der Waals surface area contributed by atoms with Crippen LogP contribution < -0.4 is 5.32 Å². The number of carbonyl (C=O) groups is 1. The summed E-state index contributed by atoms with van der Waals surface area (Å²) in [6, 6.07) is 7.94. The van der Waals surface area contributed by atoms with Crippen LogP contribution in [0.25, 0.3) is 0 Å². The van der Waals surface area contributed by atoms with Gasteiger partial charge in [-0.05, 0) is 30.4 Å². The molecule has 1 amide bonds. The first-order valence-electron chi connectivity index (χ1n) is 8.04. The zero-order valence-corrected chi connectivity index (χ0v) is 14.8. The van der Waals surface area contributed by atoms with Crippen molar-refractivity contribution >= 4 is 17.4 Å². The minimum atomic E-state index is -0.308. The summed E-state index contributed by atoms with van der Waals surface area (Å²) in [5, 5.41) is 15.9. The minimum Gasteiger partial charge on any atom is -0.394 e. The average Bonchev–Trinajstić information content (AvgIpc) is 3.04. The normalized spacial score (nSPS) is 12.1. The Labute approximate surface area is 146 Å². The molecule has 0 bridgehead atoms. The molecule has 0 aliphatic carbocycles. The first-order chi connectivity index (χ1) is 11.7. The van der Waals surface area contributed by atoms with E-state index >= 15 is 0 Å². The van der Waals surface area contributed by atoms with E-state index in [-0.39, 0.29) is 25.2 Å². The summed E-state index contributed by atoms with van der Waals surface area (Å²) in [6.45, 7) is 4.54. The van der Waals surface area contributed by atoms with Gasteiger partial charge in [0.2, 0.25) is 0 Å². The van der Waals surface area contributed by atoms with Gasteiger partial charge in [-0.1, -0.05) is 47.7 Å². The number of aliphatic hydroxyl groups is 1. The summed E-state index contributed by atoms with van der Waals surface area (Å²) in [5.74, 6) is -0.182. The van der Waals surface area contributed by atoms with Crippen molar-refractivity contribution in [3.63, 3.8) is 0 Å². The van der Waals surface area contributed by atoms with Gasteiger partial charge in [0.15, 0.2) is 0 Å². The van der Waals surface area contributed by atoms with E-state index in [0.717, 1.165) is 41.2 Å². The van der Waals surface area contributed by atoms with Gasteiger partial charge < -0.3 is 15.2 Å². The number of aliphatic hydroxyl groups excluding tert-OH is 1. The van der Waals surface area contributed by atoms with Crippen molar-refractivity contribution < 1.29 is 14.6 Å². The van der Waals surface area contributed by atoms with Crippen LogP contribution in [-0.4, -0.2) is 40.4 Å². The molecule has 0 saturated heterocycles. The highest BCUT2D eigenvalue weighted by molar-refractivity contribution is 7.08. The largest absolute Gasteiger partial charge is 0.394 e. The minimum absolute atomic E-state index is 0.0598. The van der Waals surface area contributed by atoms with Crippen molar-refractivity contribution in [2.75, 3.05) is 19.8 Å². The predicted octanol–water partition coefficient (Wildman–Crippen LogP) is 2.28. The molecule has 7 heteroatoms. The van der Waals surface area contributed by atoms with Crippen LogP contribution in [0.2, 0.25) is 0 Å². The monoisotopic (exact) mass is 349 g/mol. The second-order valence-corrected chi connectivity index (χ2v) is 6.26. The zero-order valence-electron chi connectivity index (χ0n) is 14.0. The smallest absolute Gasteiger partial charge is 0.265 e. The van der Waals surface area contributed by atoms with Crippen LogP contribution in [0.15, 0.2) is 24.3 Å². The van der Waals surface area contributed by atoms with Crippen molar-refractivity contribution in [2.24, 2.45) is 0 Å². The molecule has 1 aromatic heterocycles. The SMILES string of the molecule is CCCc1nnsc1C(=O)NC[C@H](OCCO)c1ccc(C)cc1. The van der Waals surface area contributed by atoms with Crippen molar-refractivity contribution in [1.29, 1.82) is 0 Å². The van der Waals surface area contributed by atoms with Crippen molar-refractivity contribution in [1.82, 2.24) is 14.9 Å². The molecular formula is C17H23N3O3S. The molecule has 0 spiro atoms. The summed E-state index contributed by atoms with van der Waals surface area (Å²) in [7, 11) is 0. The van der Waals surface area contributed by atoms with E-state index in [1.54, 1.807) is 0 Å². The predicted molar refractivity (Wildman–Crippen MR) is 93.2 cm³/mol. The Balaban J connectivity index is 2.02. The van der Waals surface area contributed by atoms with Crippen LogP contribution in [0.3, 0.4) is 0 Å². The highest BCUT2D eigenvalue weighted by Gasteiger charge is 2.18. The summed E-state index contributed by atoms with van der Waals surface area (Å²) in [6.07, 6.45) is 1.34. The number of hydrogen-bond donors (Lipinski definition) is 2. The van der Waals surface area contributed by atoms with Gasteiger partial charge >= 0.3 is 0 Å². The lowest BCUT2D eigenvalue weighted by Gasteiger charge is -2.18. The number of aromatic nitrogens is 2. The molecule has 0 aliphatic rings. The van der Waals surface area contributed by atoms with Crippen molar-refractivity contribution in [3.05, 3.63) is 46.0 Å². The molecule has 0 saturated carbocycles. The van der Waals surface area contributed by atoms with E-state index < -0.39 is 0 Å². The van der Waals surface area contributed by atoms with Crippen LogP contribution in [0, 0.1) is 6.92 Å². The van der Waals surface area contributed by atoms with E-state index in [2.05, 4.69) is 14.9 Å². The quantitative estimate of drug-likeness (QED) is 0.725. The van der Waals surface area contributed by atoms with Crippen LogP contribution in [0.1, 0.15) is 45.9 Å². The number of carbonyl (C=O) groups excluding carboxylic acids is 1.